The van der Waals surface area contributed by atoms with Crippen LogP contribution >= 0.6 is 12.2 Å². The largest absolute Gasteiger partial charge is 0.490 e. The molecule has 0 unspecified atom stereocenters. The summed E-state index contributed by atoms with van der Waals surface area (Å²) in [7, 11) is 0. The molecule has 0 saturated heterocycles. The molecule has 7 nitrogen and oxygen atoms in total. The number of fused-ring (bicyclic) bond motifs is 1. The number of aromatic nitrogens is 2. The lowest BCUT2D eigenvalue weighted by molar-refractivity contribution is 0.0951. The van der Waals surface area contributed by atoms with E-state index < -0.39 is 0 Å². The molecule has 0 saturated carbocycles. The van der Waals surface area contributed by atoms with Crippen LogP contribution in [0, 0.1) is 4.77 Å². The van der Waals surface area contributed by atoms with Crippen LogP contribution in [0.25, 0.3) is 10.9 Å². The number of hydrogen-bond acceptors (Lipinski definition) is 5. The highest BCUT2D eigenvalue weighted by Crippen LogP contribution is 2.31. The number of ether oxygens (including phenoxy) is 2. The molecule has 0 radical (unpaired) electrons. The van der Waals surface area contributed by atoms with Crippen LogP contribution in [0.15, 0.2) is 71.5 Å². The van der Waals surface area contributed by atoms with Gasteiger partial charge < -0.3 is 19.8 Å². The van der Waals surface area contributed by atoms with E-state index in [2.05, 4.69) is 10.3 Å². The minimum absolute atomic E-state index is 0.158. The number of H-pyrrole nitrogens is 1. The van der Waals surface area contributed by atoms with Crippen LogP contribution in [0.5, 0.6) is 11.5 Å². The van der Waals surface area contributed by atoms with E-state index in [9.17, 15) is 9.59 Å². The predicted octanol–water partition coefficient (Wildman–Crippen LogP) is 4.83. The van der Waals surface area contributed by atoms with E-state index in [1.165, 1.54) is 4.57 Å². The molecule has 4 rings (SSSR count). The lowest BCUT2D eigenvalue weighted by Gasteiger charge is -2.14. The van der Waals surface area contributed by atoms with Crippen molar-refractivity contribution in [2.24, 2.45) is 0 Å². The summed E-state index contributed by atoms with van der Waals surface area (Å²) >= 11 is 5.48. The molecule has 180 valence electrons. The van der Waals surface area contributed by atoms with Crippen molar-refractivity contribution in [1.82, 2.24) is 14.9 Å². The van der Waals surface area contributed by atoms with Gasteiger partial charge in [-0.2, -0.15) is 0 Å². The number of benzene rings is 3. The Morgan fingerprint density at radius 3 is 2.26 bits per heavy atom. The van der Waals surface area contributed by atoms with E-state index in [1.807, 2.05) is 56.3 Å². The molecule has 0 aliphatic heterocycles. The molecule has 0 bridgehead atoms. The molecule has 35 heavy (non-hydrogen) atoms. The molecular formula is C27H27N3O4S. The molecule has 1 aromatic heterocycles. The maximum Gasteiger partial charge on any atom is 0.262 e. The maximum atomic E-state index is 13.3. The number of nitrogens with one attached hydrogen (secondary N) is 2. The van der Waals surface area contributed by atoms with E-state index in [-0.39, 0.29) is 18.0 Å². The first kappa shape index (κ1) is 24.2. The maximum absolute atomic E-state index is 13.3. The van der Waals surface area contributed by atoms with Gasteiger partial charge in [-0.15, -0.1) is 0 Å². The van der Waals surface area contributed by atoms with Gasteiger partial charge in [0.2, 0.25) is 0 Å². The molecule has 4 aromatic rings. The third kappa shape index (κ3) is 5.60. The first-order valence-electron chi connectivity index (χ1n) is 11.5. The zero-order chi connectivity index (χ0) is 24.8. The molecule has 1 amide bonds. The molecule has 0 atom stereocenters. The van der Waals surface area contributed by atoms with Crippen molar-refractivity contribution in [2.75, 3.05) is 13.2 Å². The van der Waals surface area contributed by atoms with Crippen LogP contribution in [0.2, 0.25) is 0 Å². The van der Waals surface area contributed by atoms with Crippen molar-refractivity contribution >= 4 is 29.0 Å². The second-order valence-electron chi connectivity index (χ2n) is 7.90. The molecule has 0 fully saturated rings. The standard InChI is InChI=1S/C27H27N3O4S/c1-3-33-23-14-21-22(15-24(23)34-4-2)29-27(35)30(26(21)32)17-19-10-12-20(13-11-19)25(31)28-16-18-8-6-5-7-9-18/h5-15H,3-4,16-17H2,1-2H3,(H,28,31)(H,29,35). The van der Waals surface area contributed by atoms with Gasteiger partial charge in [-0.3, -0.25) is 14.2 Å². The van der Waals surface area contributed by atoms with E-state index >= 15 is 0 Å². The first-order chi connectivity index (χ1) is 17.0. The Labute approximate surface area is 208 Å². The van der Waals surface area contributed by atoms with Gasteiger partial charge in [0.25, 0.3) is 11.5 Å². The number of aromatic amines is 1. The minimum Gasteiger partial charge on any atom is -0.490 e. The lowest BCUT2D eigenvalue weighted by Crippen LogP contribution is -2.24. The fraction of sp³-hybridized carbons (Fsp3) is 0.222. The molecule has 3 aromatic carbocycles. The normalized spacial score (nSPS) is 10.8. The summed E-state index contributed by atoms with van der Waals surface area (Å²) in [6.07, 6.45) is 0. The summed E-state index contributed by atoms with van der Waals surface area (Å²) in [5.74, 6) is 0.918. The van der Waals surface area contributed by atoms with Crippen molar-refractivity contribution in [3.8, 4) is 11.5 Å². The number of hydrogen-bond donors (Lipinski definition) is 2. The Hall–Kier alpha value is -3.91. The fourth-order valence-electron chi connectivity index (χ4n) is 3.77. The van der Waals surface area contributed by atoms with E-state index in [1.54, 1.807) is 24.3 Å². The van der Waals surface area contributed by atoms with Crippen LogP contribution in [0.3, 0.4) is 0 Å². The third-order valence-electron chi connectivity index (χ3n) is 5.50. The van der Waals surface area contributed by atoms with Gasteiger partial charge in [0.05, 0.1) is 30.7 Å². The SMILES string of the molecule is CCOc1cc2[nH]c(=S)n(Cc3ccc(C(=O)NCc4ccccc4)cc3)c(=O)c2cc1OCC. The number of rotatable bonds is 9. The van der Waals surface area contributed by atoms with Gasteiger partial charge in [-0.05, 0) is 55.4 Å². The highest BCUT2D eigenvalue weighted by molar-refractivity contribution is 7.71. The molecule has 1 heterocycles. The van der Waals surface area contributed by atoms with Crippen LogP contribution in [-0.4, -0.2) is 28.7 Å². The smallest absolute Gasteiger partial charge is 0.262 e. The zero-order valence-corrected chi connectivity index (χ0v) is 20.5. The zero-order valence-electron chi connectivity index (χ0n) is 19.7. The Morgan fingerprint density at radius 2 is 1.60 bits per heavy atom. The second-order valence-corrected chi connectivity index (χ2v) is 8.28. The van der Waals surface area contributed by atoms with Crippen molar-refractivity contribution in [3.63, 3.8) is 0 Å². The van der Waals surface area contributed by atoms with Gasteiger partial charge in [0.15, 0.2) is 16.3 Å². The number of nitrogens with zero attached hydrogens (tertiary/aromatic N) is 1. The molecule has 2 N–H and O–H groups in total. The summed E-state index contributed by atoms with van der Waals surface area (Å²) < 4.78 is 13.1. The van der Waals surface area contributed by atoms with Gasteiger partial charge in [0.1, 0.15) is 0 Å². The Bertz CT molecular complexity index is 1440. The molecule has 8 heteroatoms. The number of amides is 1. The monoisotopic (exact) mass is 489 g/mol. The van der Waals surface area contributed by atoms with Gasteiger partial charge >= 0.3 is 0 Å². The number of carbonyl (C=O) groups excluding carboxylic acids is 1. The average Bonchev–Trinajstić information content (AvgIpc) is 2.87. The van der Waals surface area contributed by atoms with Crippen molar-refractivity contribution in [1.29, 1.82) is 0 Å². The molecule has 0 aliphatic carbocycles. The summed E-state index contributed by atoms with van der Waals surface area (Å²) in [6.45, 7) is 5.42. The van der Waals surface area contributed by atoms with Crippen LogP contribution in [0.1, 0.15) is 35.3 Å². The van der Waals surface area contributed by atoms with Crippen molar-refractivity contribution in [2.45, 2.75) is 26.9 Å². The predicted molar refractivity (Wildman–Crippen MR) is 139 cm³/mol. The minimum atomic E-state index is -0.225. The summed E-state index contributed by atoms with van der Waals surface area (Å²) in [4.78, 5) is 28.9. The number of carbonyl (C=O) groups is 1. The fourth-order valence-corrected chi connectivity index (χ4v) is 4.02. The van der Waals surface area contributed by atoms with Gasteiger partial charge in [0, 0.05) is 18.2 Å². The van der Waals surface area contributed by atoms with Crippen LogP contribution < -0.4 is 20.3 Å². The highest BCUT2D eigenvalue weighted by atomic mass is 32.1. The van der Waals surface area contributed by atoms with Crippen molar-refractivity contribution < 1.29 is 14.3 Å². The van der Waals surface area contributed by atoms with E-state index in [0.717, 1.165) is 11.1 Å². The van der Waals surface area contributed by atoms with E-state index in [0.29, 0.717) is 52.5 Å². The van der Waals surface area contributed by atoms with Gasteiger partial charge in [-0.25, -0.2) is 0 Å². The molecule has 0 aliphatic rings. The summed E-state index contributed by atoms with van der Waals surface area (Å²) in [5.41, 5.74) is 2.79. The molecule has 0 spiro atoms. The molecular weight excluding hydrogens is 462 g/mol. The van der Waals surface area contributed by atoms with Crippen molar-refractivity contribution in [3.05, 3.63) is 98.5 Å². The Kier molecular flexibility index (Phi) is 7.62. The third-order valence-corrected chi connectivity index (χ3v) is 5.82. The quantitative estimate of drug-likeness (QED) is 0.329. The summed E-state index contributed by atoms with van der Waals surface area (Å²) in [6, 6.07) is 20.3. The highest BCUT2D eigenvalue weighted by Gasteiger charge is 2.13. The van der Waals surface area contributed by atoms with Crippen LogP contribution in [0.4, 0.5) is 0 Å². The first-order valence-corrected chi connectivity index (χ1v) is 11.9. The summed E-state index contributed by atoms with van der Waals surface area (Å²) in [5, 5.41) is 3.37. The Morgan fingerprint density at radius 1 is 0.943 bits per heavy atom. The average molecular weight is 490 g/mol. The second kappa shape index (κ2) is 11.0. The topological polar surface area (TPSA) is 85.4 Å². The van der Waals surface area contributed by atoms with Gasteiger partial charge in [-0.1, -0.05) is 42.5 Å². The Balaban J connectivity index is 1.55. The van der Waals surface area contributed by atoms with Crippen LogP contribution in [-0.2, 0) is 13.1 Å². The van der Waals surface area contributed by atoms with E-state index in [4.69, 9.17) is 21.7 Å². The lowest BCUT2D eigenvalue weighted by atomic mass is 10.1.